The summed E-state index contributed by atoms with van der Waals surface area (Å²) < 4.78 is 0. The molecule has 0 aromatic rings. The molecule has 0 saturated heterocycles. The summed E-state index contributed by atoms with van der Waals surface area (Å²) in [5.41, 5.74) is 1.57. The smallest absolute Gasteiger partial charge is 0.225 e. The van der Waals surface area contributed by atoms with E-state index in [0.717, 1.165) is 43.2 Å². The number of allylic oxidation sites excluding steroid dienone is 2. The average Bonchev–Trinajstić information content (AvgIpc) is 3.23. The molecule has 0 spiro atoms. The molecule has 1 amide bonds. The maximum atomic E-state index is 12.7. The molecule has 2 nitrogen and oxygen atoms in total. The molecule has 5 atom stereocenters. The molecule has 2 aliphatic rings. The molecule has 0 heterocycles. The van der Waals surface area contributed by atoms with E-state index in [1.807, 2.05) is 0 Å². The van der Waals surface area contributed by atoms with Crippen molar-refractivity contribution in [1.29, 1.82) is 0 Å². The van der Waals surface area contributed by atoms with E-state index < -0.39 is 0 Å². The zero-order valence-corrected chi connectivity index (χ0v) is 16.1. The lowest BCUT2D eigenvalue weighted by molar-refractivity contribution is -0.136. The highest BCUT2D eigenvalue weighted by Crippen LogP contribution is 2.51. The normalized spacial score (nSPS) is 31.7. The van der Waals surface area contributed by atoms with Crippen molar-refractivity contribution in [3.05, 3.63) is 11.6 Å². The lowest BCUT2D eigenvalue weighted by atomic mass is 9.78. The van der Waals surface area contributed by atoms with E-state index in [0.29, 0.717) is 11.8 Å². The Labute approximate surface area is 143 Å². The van der Waals surface area contributed by atoms with Gasteiger partial charge < -0.3 is 4.90 Å². The lowest BCUT2D eigenvalue weighted by Crippen LogP contribution is -2.39. The lowest BCUT2D eigenvalue weighted by Gasteiger charge is -2.30. The van der Waals surface area contributed by atoms with Crippen LogP contribution in [0.4, 0.5) is 0 Å². The highest BCUT2D eigenvalue weighted by molar-refractivity contribution is 5.78. The second kappa shape index (κ2) is 7.85. The number of hydrogen-bond acceptors (Lipinski definition) is 1. The molecule has 0 radical (unpaired) electrons. The van der Waals surface area contributed by atoms with Crippen molar-refractivity contribution in [2.24, 2.45) is 35.5 Å². The average molecular weight is 320 g/mol. The van der Waals surface area contributed by atoms with E-state index in [9.17, 15) is 4.79 Å². The van der Waals surface area contributed by atoms with Crippen LogP contribution in [0.2, 0.25) is 0 Å². The largest absolute Gasteiger partial charge is 0.342 e. The summed E-state index contributed by atoms with van der Waals surface area (Å²) in [5, 5.41) is 0. The van der Waals surface area contributed by atoms with Crippen LogP contribution in [0.1, 0.15) is 67.2 Å². The van der Waals surface area contributed by atoms with Crippen molar-refractivity contribution in [2.75, 3.05) is 13.1 Å². The van der Waals surface area contributed by atoms with Crippen molar-refractivity contribution < 1.29 is 4.79 Å². The van der Waals surface area contributed by atoms with Gasteiger partial charge in [-0.05, 0) is 62.2 Å². The summed E-state index contributed by atoms with van der Waals surface area (Å²) in [6, 6.07) is 0. The van der Waals surface area contributed by atoms with Gasteiger partial charge in [-0.1, -0.05) is 46.3 Å². The van der Waals surface area contributed by atoms with Crippen LogP contribution in [0.5, 0.6) is 0 Å². The standard InChI is InChI=1S/C21H37NO/c1-7-16(5)21(23)22(12-14(2)3)13-18-11-20(18)19-9-8-15(4)10-17(19)6/h10,14,16-20H,7-9,11-13H2,1-6H3. The molecular formula is C21H37NO. The Morgan fingerprint density at radius 2 is 2.00 bits per heavy atom. The molecule has 0 N–H and O–H groups in total. The predicted molar refractivity (Wildman–Crippen MR) is 98.1 cm³/mol. The summed E-state index contributed by atoms with van der Waals surface area (Å²) in [6.45, 7) is 15.2. The first-order chi connectivity index (χ1) is 10.8. The van der Waals surface area contributed by atoms with Gasteiger partial charge in [0.1, 0.15) is 0 Å². The zero-order valence-electron chi connectivity index (χ0n) is 16.1. The van der Waals surface area contributed by atoms with Gasteiger partial charge in [0.05, 0.1) is 0 Å². The van der Waals surface area contributed by atoms with Crippen LogP contribution in [0.3, 0.4) is 0 Å². The van der Waals surface area contributed by atoms with Crippen molar-refractivity contribution in [2.45, 2.75) is 67.2 Å². The van der Waals surface area contributed by atoms with Crippen LogP contribution in [-0.4, -0.2) is 23.9 Å². The molecular weight excluding hydrogens is 282 g/mol. The number of carbonyl (C=O) groups excluding carboxylic acids is 1. The van der Waals surface area contributed by atoms with Crippen molar-refractivity contribution in [3.63, 3.8) is 0 Å². The van der Waals surface area contributed by atoms with Crippen LogP contribution in [0.15, 0.2) is 11.6 Å². The SMILES string of the molecule is CCC(C)C(=O)N(CC(C)C)CC1CC1C1CCC(C)=CC1C. The number of rotatable bonds is 7. The third-order valence-electron chi connectivity index (χ3n) is 6.01. The molecule has 0 aromatic carbocycles. The summed E-state index contributed by atoms with van der Waals surface area (Å²) in [5.74, 6) is 4.28. The third kappa shape index (κ3) is 4.84. The number of carbonyl (C=O) groups is 1. The Morgan fingerprint density at radius 1 is 1.30 bits per heavy atom. The van der Waals surface area contributed by atoms with E-state index in [1.165, 1.54) is 19.3 Å². The maximum absolute atomic E-state index is 12.7. The monoisotopic (exact) mass is 319 g/mol. The topological polar surface area (TPSA) is 20.3 Å². The quantitative estimate of drug-likeness (QED) is 0.595. The molecule has 2 heteroatoms. The fourth-order valence-electron chi connectivity index (χ4n) is 4.39. The van der Waals surface area contributed by atoms with Gasteiger partial charge in [0.15, 0.2) is 0 Å². The van der Waals surface area contributed by atoms with Gasteiger partial charge in [-0.25, -0.2) is 0 Å². The second-order valence-electron chi connectivity index (χ2n) is 8.68. The van der Waals surface area contributed by atoms with Crippen molar-refractivity contribution in [1.82, 2.24) is 4.90 Å². The van der Waals surface area contributed by atoms with Gasteiger partial charge in [0, 0.05) is 19.0 Å². The van der Waals surface area contributed by atoms with Gasteiger partial charge in [-0.15, -0.1) is 0 Å². The van der Waals surface area contributed by atoms with E-state index in [4.69, 9.17) is 0 Å². The van der Waals surface area contributed by atoms with Crippen LogP contribution < -0.4 is 0 Å². The van der Waals surface area contributed by atoms with E-state index in [2.05, 4.69) is 52.5 Å². The first kappa shape index (κ1) is 18.5. The maximum Gasteiger partial charge on any atom is 0.225 e. The van der Waals surface area contributed by atoms with Gasteiger partial charge in [-0.2, -0.15) is 0 Å². The van der Waals surface area contributed by atoms with Crippen LogP contribution >= 0.6 is 0 Å². The molecule has 5 unspecified atom stereocenters. The summed E-state index contributed by atoms with van der Waals surface area (Å²) in [7, 11) is 0. The number of nitrogens with zero attached hydrogens (tertiary/aromatic N) is 1. The molecule has 132 valence electrons. The zero-order chi connectivity index (χ0) is 17.1. The Bertz CT molecular complexity index is 439. The van der Waals surface area contributed by atoms with Crippen molar-refractivity contribution in [3.8, 4) is 0 Å². The minimum Gasteiger partial charge on any atom is -0.342 e. The van der Waals surface area contributed by atoms with Gasteiger partial charge >= 0.3 is 0 Å². The first-order valence-electron chi connectivity index (χ1n) is 9.79. The minimum atomic E-state index is 0.171. The minimum absolute atomic E-state index is 0.171. The van der Waals surface area contributed by atoms with Gasteiger partial charge in [-0.3, -0.25) is 4.79 Å². The Morgan fingerprint density at radius 3 is 2.57 bits per heavy atom. The molecule has 0 bridgehead atoms. The Hall–Kier alpha value is -0.790. The Kier molecular flexibility index (Phi) is 6.33. The molecule has 23 heavy (non-hydrogen) atoms. The van der Waals surface area contributed by atoms with E-state index in [-0.39, 0.29) is 5.92 Å². The molecule has 1 saturated carbocycles. The van der Waals surface area contributed by atoms with Gasteiger partial charge in [0.2, 0.25) is 5.91 Å². The molecule has 0 aromatic heterocycles. The Balaban J connectivity index is 1.93. The summed E-state index contributed by atoms with van der Waals surface area (Å²) in [6.07, 6.45) is 7.41. The number of amides is 1. The molecule has 1 fully saturated rings. The van der Waals surface area contributed by atoms with Crippen LogP contribution in [-0.2, 0) is 4.79 Å². The summed E-state index contributed by atoms with van der Waals surface area (Å²) in [4.78, 5) is 14.9. The fourth-order valence-corrected chi connectivity index (χ4v) is 4.39. The number of hydrogen-bond donors (Lipinski definition) is 0. The van der Waals surface area contributed by atoms with Crippen molar-refractivity contribution >= 4 is 5.91 Å². The van der Waals surface area contributed by atoms with Crippen LogP contribution in [0, 0.1) is 35.5 Å². The van der Waals surface area contributed by atoms with E-state index >= 15 is 0 Å². The first-order valence-corrected chi connectivity index (χ1v) is 9.79. The van der Waals surface area contributed by atoms with Gasteiger partial charge in [0.25, 0.3) is 0 Å². The summed E-state index contributed by atoms with van der Waals surface area (Å²) >= 11 is 0. The molecule has 0 aliphatic heterocycles. The van der Waals surface area contributed by atoms with E-state index in [1.54, 1.807) is 5.57 Å². The predicted octanol–water partition coefficient (Wildman–Crippen LogP) is 5.15. The highest BCUT2D eigenvalue weighted by Gasteiger charge is 2.45. The highest BCUT2D eigenvalue weighted by atomic mass is 16.2. The second-order valence-corrected chi connectivity index (χ2v) is 8.68. The fraction of sp³-hybridized carbons (Fsp3) is 0.857. The van der Waals surface area contributed by atoms with Crippen LogP contribution in [0.25, 0.3) is 0 Å². The molecule has 2 rings (SSSR count). The third-order valence-corrected chi connectivity index (χ3v) is 6.01. The molecule has 2 aliphatic carbocycles.